The van der Waals surface area contributed by atoms with Crippen molar-refractivity contribution in [1.82, 2.24) is 4.98 Å². The Morgan fingerprint density at radius 2 is 1.50 bits per heavy atom. The zero-order valence-electron chi connectivity index (χ0n) is 19.7. The fraction of sp³-hybridized carbons (Fsp3) is 0.435. The minimum atomic E-state index is -1.38. The number of rotatable bonds is 7. The molecule has 1 aromatic carbocycles. The Balaban J connectivity index is 2.10. The molecule has 0 aliphatic carbocycles. The molecule has 0 saturated carbocycles. The van der Waals surface area contributed by atoms with Crippen LogP contribution >= 0.6 is 31.9 Å². The maximum absolute atomic E-state index is 12.0. The number of benzene rings is 1. The number of ether oxygens (including phenoxy) is 6. The van der Waals surface area contributed by atoms with Crippen LogP contribution in [-0.4, -0.2) is 66.2 Å². The van der Waals surface area contributed by atoms with E-state index in [-0.39, 0.29) is 12.4 Å². The summed E-state index contributed by atoms with van der Waals surface area (Å²) in [5.74, 6) is -2.56. The largest absolute Gasteiger partial charge is 0.463 e. The summed E-state index contributed by atoms with van der Waals surface area (Å²) in [7, 11) is 0. The van der Waals surface area contributed by atoms with Crippen molar-refractivity contribution in [2.24, 2.45) is 0 Å². The Morgan fingerprint density at radius 3 is 2.11 bits per heavy atom. The molecule has 1 aromatic heterocycles. The van der Waals surface area contributed by atoms with Crippen molar-refractivity contribution in [3.8, 4) is 5.75 Å². The zero-order chi connectivity index (χ0) is 26.6. The van der Waals surface area contributed by atoms with E-state index in [0.717, 1.165) is 30.6 Å². The number of halogens is 2. The number of fused-ring (bicyclic) bond motifs is 1. The van der Waals surface area contributed by atoms with Crippen LogP contribution in [0.2, 0.25) is 0 Å². The smallest absolute Gasteiger partial charge is 0.303 e. The van der Waals surface area contributed by atoms with E-state index in [1.54, 1.807) is 18.3 Å². The second kappa shape index (κ2) is 12.0. The Morgan fingerprint density at radius 1 is 0.889 bits per heavy atom. The average molecular weight is 633 g/mol. The first-order chi connectivity index (χ1) is 17.0. The molecule has 0 amide bonds. The number of aromatic nitrogens is 1. The molecule has 1 saturated heterocycles. The zero-order valence-corrected chi connectivity index (χ0v) is 22.9. The van der Waals surface area contributed by atoms with Crippen LogP contribution in [0.1, 0.15) is 27.7 Å². The van der Waals surface area contributed by atoms with Crippen LogP contribution in [-0.2, 0) is 42.9 Å². The van der Waals surface area contributed by atoms with Crippen molar-refractivity contribution in [2.75, 3.05) is 6.61 Å². The van der Waals surface area contributed by atoms with Crippen molar-refractivity contribution >= 4 is 66.6 Å². The van der Waals surface area contributed by atoms with Crippen LogP contribution < -0.4 is 4.74 Å². The minimum Gasteiger partial charge on any atom is -0.463 e. The van der Waals surface area contributed by atoms with E-state index >= 15 is 0 Å². The van der Waals surface area contributed by atoms with Gasteiger partial charge in [0, 0.05) is 43.8 Å². The van der Waals surface area contributed by atoms with E-state index in [9.17, 15) is 19.2 Å². The summed E-state index contributed by atoms with van der Waals surface area (Å²) < 4.78 is 34.7. The Hall–Kier alpha value is -2.77. The van der Waals surface area contributed by atoms with E-state index in [4.69, 9.17) is 28.4 Å². The van der Waals surface area contributed by atoms with E-state index in [0.29, 0.717) is 9.99 Å². The van der Waals surface area contributed by atoms with Gasteiger partial charge in [-0.25, -0.2) is 0 Å². The van der Waals surface area contributed by atoms with Crippen LogP contribution in [0, 0.1) is 0 Å². The van der Waals surface area contributed by atoms with Crippen LogP contribution in [0.15, 0.2) is 33.3 Å². The van der Waals surface area contributed by atoms with Gasteiger partial charge < -0.3 is 28.4 Å². The van der Waals surface area contributed by atoms with E-state index < -0.39 is 54.6 Å². The number of hydrogen-bond acceptors (Lipinski definition) is 11. The molecule has 194 valence electrons. The molecule has 0 bridgehead atoms. The fourth-order valence-electron chi connectivity index (χ4n) is 3.66. The number of hydrogen-bond donors (Lipinski definition) is 0. The monoisotopic (exact) mass is 631 g/mol. The highest BCUT2D eigenvalue weighted by Gasteiger charge is 2.53. The third-order valence-corrected chi connectivity index (χ3v) is 6.18. The third kappa shape index (κ3) is 6.71. The quantitative estimate of drug-likeness (QED) is 0.329. The molecule has 1 aliphatic rings. The first kappa shape index (κ1) is 27.8. The minimum absolute atomic E-state index is 0.245. The lowest BCUT2D eigenvalue weighted by atomic mass is 9.98. The van der Waals surface area contributed by atoms with Gasteiger partial charge in [0.05, 0.1) is 4.47 Å². The maximum Gasteiger partial charge on any atom is 0.303 e. The first-order valence-corrected chi connectivity index (χ1v) is 12.3. The van der Waals surface area contributed by atoms with Gasteiger partial charge in [0.1, 0.15) is 18.2 Å². The number of carbonyl (C=O) groups excluding carboxylic acids is 4. The predicted molar refractivity (Wildman–Crippen MR) is 130 cm³/mol. The molecule has 0 unspecified atom stereocenters. The molecule has 1 fully saturated rings. The maximum atomic E-state index is 12.0. The topological polar surface area (TPSA) is 137 Å². The van der Waals surface area contributed by atoms with Crippen LogP contribution in [0.25, 0.3) is 10.9 Å². The standard InChI is InChI=1S/C23H23Br2NO10/c1-10(27)31-9-17-20(32-11(2)28)21(33-12(3)29)22(34-13(4)30)23(35-17)36-19-16(25)8-15(24)14-6-5-7-26-18(14)19/h5-8,17,20-23H,9H2,1-4H3/t17-,20-,21+,22-,23-/m1/s1. The highest BCUT2D eigenvalue weighted by Crippen LogP contribution is 2.40. The summed E-state index contributed by atoms with van der Waals surface area (Å²) in [6, 6.07) is 5.31. The van der Waals surface area contributed by atoms with Gasteiger partial charge in [-0.3, -0.25) is 24.2 Å². The van der Waals surface area contributed by atoms with Crippen LogP contribution in [0.3, 0.4) is 0 Å². The van der Waals surface area contributed by atoms with Gasteiger partial charge in [-0.05, 0) is 28.1 Å². The highest BCUT2D eigenvalue weighted by atomic mass is 79.9. The van der Waals surface area contributed by atoms with Crippen LogP contribution in [0.4, 0.5) is 0 Å². The molecule has 13 heteroatoms. The Labute approximate surface area is 222 Å². The summed E-state index contributed by atoms with van der Waals surface area (Å²) in [4.78, 5) is 51.7. The molecule has 5 atom stereocenters. The van der Waals surface area contributed by atoms with Gasteiger partial charge >= 0.3 is 23.9 Å². The molecule has 36 heavy (non-hydrogen) atoms. The summed E-state index contributed by atoms with van der Waals surface area (Å²) in [5, 5.41) is 0.723. The molecule has 2 aromatic rings. The van der Waals surface area contributed by atoms with Crippen molar-refractivity contribution in [2.45, 2.75) is 58.4 Å². The summed E-state index contributed by atoms with van der Waals surface area (Å²) in [6.45, 7) is 4.27. The van der Waals surface area contributed by atoms with Gasteiger partial charge in [0.2, 0.25) is 12.4 Å². The lowest BCUT2D eigenvalue weighted by Gasteiger charge is -2.44. The van der Waals surface area contributed by atoms with Gasteiger partial charge in [-0.1, -0.05) is 22.0 Å². The normalized spacial score (nSPS) is 23.4. The third-order valence-electron chi connectivity index (χ3n) is 4.93. The van der Waals surface area contributed by atoms with Gasteiger partial charge in [0.25, 0.3) is 0 Å². The Kier molecular flexibility index (Phi) is 9.25. The molecule has 2 heterocycles. The van der Waals surface area contributed by atoms with Gasteiger partial charge in [-0.2, -0.15) is 0 Å². The predicted octanol–water partition coefficient (Wildman–Crippen LogP) is 3.22. The highest BCUT2D eigenvalue weighted by molar-refractivity contribution is 9.11. The molecule has 11 nitrogen and oxygen atoms in total. The van der Waals surface area contributed by atoms with Gasteiger partial charge in [-0.15, -0.1) is 0 Å². The molecule has 1 aliphatic heterocycles. The lowest BCUT2D eigenvalue weighted by Crippen LogP contribution is -2.63. The van der Waals surface area contributed by atoms with Gasteiger partial charge in [0.15, 0.2) is 18.0 Å². The molecule has 0 spiro atoms. The van der Waals surface area contributed by atoms with Crippen molar-refractivity contribution < 1.29 is 47.6 Å². The number of pyridine rings is 1. The molecular formula is C23H23Br2NO10. The van der Waals surface area contributed by atoms with Crippen molar-refractivity contribution in [1.29, 1.82) is 0 Å². The molecular weight excluding hydrogens is 610 g/mol. The van der Waals surface area contributed by atoms with Crippen molar-refractivity contribution in [3.63, 3.8) is 0 Å². The van der Waals surface area contributed by atoms with E-state index in [1.807, 2.05) is 6.07 Å². The van der Waals surface area contributed by atoms with E-state index in [1.165, 1.54) is 6.92 Å². The first-order valence-electron chi connectivity index (χ1n) is 10.7. The van der Waals surface area contributed by atoms with E-state index in [2.05, 4.69) is 36.8 Å². The summed E-state index contributed by atoms with van der Waals surface area (Å²) >= 11 is 6.93. The summed E-state index contributed by atoms with van der Waals surface area (Å²) in [6.07, 6.45) is -4.93. The molecule has 0 radical (unpaired) electrons. The Bertz CT molecular complexity index is 1170. The SMILES string of the molecule is CC(=O)OC[C@H]1O[C@H](Oc2c(Br)cc(Br)c3cccnc23)[C@H](OC(C)=O)[C@@H](OC(C)=O)[C@@H]1OC(C)=O. The molecule has 0 N–H and O–H groups in total. The van der Waals surface area contributed by atoms with Crippen LogP contribution in [0.5, 0.6) is 5.75 Å². The number of esters is 4. The average Bonchev–Trinajstić information content (AvgIpc) is 2.78. The van der Waals surface area contributed by atoms with Crippen molar-refractivity contribution in [3.05, 3.63) is 33.3 Å². The lowest BCUT2D eigenvalue weighted by molar-refractivity contribution is -0.288. The number of nitrogens with zero attached hydrogens (tertiary/aromatic N) is 1. The molecule has 3 rings (SSSR count). The second-order valence-corrected chi connectivity index (χ2v) is 9.46. The fourth-order valence-corrected chi connectivity index (χ4v) is 5.02. The summed E-state index contributed by atoms with van der Waals surface area (Å²) in [5.41, 5.74) is 0.451. The number of carbonyl (C=O) groups is 4. The second-order valence-electron chi connectivity index (χ2n) is 7.75.